The molecule has 0 unspecified atom stereocenters. The summed E-state index contributed by atoms with van der Waals surface area (Å²) in [6, 6.07) is 12.8. The van der Waals surface area contributed by atoms with Crippen LogP contribution in [0.3, 0.4) is 0 Å². The number of carbonyl (C=O) groups is 2. The lowest BCUT2D eigenvalue weighted by atomic mass is 9.97. The minimum absolute atomic E-state index is 0.0447. The molecule has 0 fully saturated rings. The number of halogens is 2. The number of methoxy groups -OCH3 is 1. The van der Waals surface area contributed by atoms with Crippen molar-refractivity contribution in [3.8, 4) is 0 Å². The second-order valence-electron chi connectivity index (χ2n) is 5.85. The van der Waals surface area contributed by atoms with E-state index in [0.717, 1.165) is 22.4 Å². The van der Waals surface area contributed by atoms with E-state index in [4.69, 9.17) is 32.7 Å². The molecule has 29 heavy (non-hydrogen) atoms. The summed E-state index contributed by atoms with van der Waals surface area (Å²) in [5.74, 6) is 0.497. The van der Waals surface area contributed by atoms with Gasteiger partial charge in [-0.25, -0.2) is 4.79 Å². The van der Waals surface area contributed by atoms with Crippen LogP contribution in [0.4, 0.5) is 4.79 Å². The summed E-state index contributed by atoms with van der Waals surface area (Å²) in [6.45, 7) is 0.626. The smallest absolute Gasteiger partial charge is 0.414 e. The van der Waals surface area contributed by atoms with Gasteiger partial charge < -0.3 is 9.47 Å². The molecule has 0 aliphatic carbocycles. The molecule has 2 aromatic rings. The van der Waals surface area contributed by atoms with Crippen molar-refractivity contribution in [2.45, 2.75) is 12.8 Å². The molecule has 2 aromatic carbocycles. The third-order valence-corrected chi connectivity index (χ3v) is 6.54. The van der Waals surface area contributed by atoms with Crippen molar-refractivity contribution in [1.29, 1.82) is 0 Å². The van der Waals surface area contributed by atoms with Gasteiger partial charge in [0.1, 0.15) is 5.94 Å². The largest absolute Gasteiger partial charge is 0.437 e. The van der Waals surface area contributed by atoms with Gasteiger partial charge in [-0.05, 0) is 28.8 Å². The molecule has 0 heterocycles. The van der Waals surface area contributed by atoms with Crippen LogP contribution in [0.5, 0.6) is 0 Å². The van der Waals surface area contributed by atoms with Crippen LogP contribution in [-0.2, 0) is 27.1 Å². The molecule has 0 aliphatic heterocycles. The molecule has 5 nitrogen and oxygen atoms in total. The van der Waals surface area contributed by atoms with Crippen molar-refractivity contribution in [3.05, 3.63) is 69.2 Å². The number of imide groups is 1. The molecule has 2 rings (SSSR count). The van der Waals surface area contributed by atoms with Crippen LogP contribution < -0.4 is 5.32 Å². The maximum Gasteiger partial charge on any atom is 0.414 e. The van der Waals surface area contributed by atoms with E-state index in [1.54, 1.807) is 25.3 Å². The first-order chi connectivity index (χ1) is 14.0. The Balaban J connectivity index is 1.88. The third-order valence-electron chi connectivity index (χ3n) is 3.83. The fourth-order valence-electron chi connectivity index (χ4n) is 2.45. The van der Waals surface area contributed by atoms with Crippen molar-refractivity contribution < 1.29 is 19.1 Å². The Morgan fingerprint density at radius 3 is 2.38 bits per heavy atom. The zero-order chi connectivity index (χ0) is 21.1. The number of carbonyl (C=O) groups excluding carboxylic acids is 2. The Kier molecular flexibility index (Phi) is 10.7. The number of alkyl carbamates (subject to hydrolysis) is 1. The van der Waals surface area contributed by atoms with E-state index in [1.165, 1.54) is 21.6 Å². The number of nitrogens with one attached hydrogen (secondary N) is 1. The molecule has 1 N–H and O–H groups in total. The number of amides is 2. The van der Waals surface area contributed by atoms with Crippen molar-refractivity contribution in [3.63, 3.8) is 0 Å². The van der Waals surface area contributed by atoms with Crippen LogP contribution in [-0.4, -0.2) is 37.4 Å². The number of ether oxygens (including phenoxy) is 2. The lowest BCUT2D eigenvalue weighted by molar-refractivity contribution is -0.119. The van der Waals surface area contributed by atoms with Crippen molar-refractivity contribution in [2.75, 3.05) is 25.4 Å². The average Bonchev–Trinajstić information content (AvgIpc) is 2.68. The van der Waals surface area contributed by atoms with Crippen LogP contribution in [0, 0.1) is 0 Å². The highest BCUT2D eigenvalue weighted by molar-refractivity contribution is 8.76. The summed E-state index contributed by atoms with van der Waals surface area (Å²) < 4.78 is 9.91. The summed E-state index contributed by atoms with van der Waals surface area (Å²) in [4.78, 5) is 24.0. The number of benzene rings is 2. The molecule has 9 heteroatoms. The zero-order valence-electron chi connectivity index (χ0n) is 15.8. The highest BCUT2D eigenvalue weighted by Crippen LogP contribution is 2.28. The van der Waals surface area contributed by atoms with E-state index in [0.29, 0.717) is 23.1 Å². The summed E-state index contributed by atoms with van der Waals surface area (Å²) in [7, 11) is 4.53. The van der Waals surface area contributed by atoms with Gasteiger partial charge in [0.25, 0.3) is 0 Å². The van der Waals surface area contributed by atoms with Gasteiger partial charge in [0.05, 0.1) is 13.0 Å². The molecule has 0 aromatic heterocycles. The summed E-state index contributed by atoms with van der Waals surface area (Å²) in [6.07, 6.45) is -0.230. The Bertz CT molecular complexity index is 816. The number of hydrogen-bond acceptors (Lipinski definition) is 6. The standard InChI is InChI=1S/C20H21Cl2NO4S2/c1-26-9-10-28-29-13-27-20(25)23-19(24)12-15-6-3-2-5-14(15)11-16-17(21)7-4-8-18(16)22/h2-8H,9-13H2,1H3,(H,23,24,25). The minimum atomic E-state index is -0.763. The highest BCUT2D eigenvalue weighted by atomic mass is 35.5. The second-order valence-corrected chi connectivity index (χ2v) is 9.20. The Labute approximate surface area is 188 Å². The molecule has 0 radical (unpaired) electrons. The van der Waals surface area contributed by atoms with E-state index in [1.807, 2.05) is 24.3 Å². The van der Waals surface area contributed by atoms with Crippen molar-refractivity contribution in [1.82, 2.24) is 5.32 Å². The first-order valence-corrected chi connectivity index (χ1v) is 11.9. The first kappa shape index (κ1) is 23.9. The van der Waals surface area contributed by atoms with E-state index in [2.05, 4.69) is 5.32 Å². The van der Waals surface area contributed by atoms with Crippen molar-refractivity contribution in [2.24, 2.45) is 0 Å². The van der Waals surface area contributed by atoms with Crippen LogP contribution in [0.2, 0.25) is 10.0 Å². The van der Waals surface area contributed by atoms with Gasteiger partial charge >= 0.3 is 6.09 Å². The normalized spacial score (nSPS) is 10.6. The van der Waals surface area contributed by atoms with Gasteiger partial charge in [0.15, 0.2) is 0 Å². The molecule has 0 aliphatic rings. The SMILES string of the molecule is COCCSSCOC(=O)NC(=O)Cc1ccccc1Cc1c(Cl)cccc1Cl. The van der Waals surface area contributed by atoms with Gasteiger partial charge in [0, 0.05) is 29.3 Å². The molecule has 0 spiro atoms. The van der Waals surface area contributed by atoms with E-state index in [9.17, 15) is 9.59 Å². The van der Waals surface area contributed by atoms with Gasteiger partial charge in [-0.2, -0.15) is 0 Å². The molecular formula is C20H21Cl2NO4S2. The molecule has 0 bridgehead atoms. The lowest BCUT2D eigenvalue weighted by Crippen LogP contribution is -2.32. The second kappa shape index (κ2) is 13.0. The fraction of sp³-hybridized carbons (Fsp3) is 0.300. The Morgan fingerprint density at radius 1 is 1.00 bits per heavy atom. The molecule has 156 valence electrons. The van der Waals surface area contributed by atoms with Crippen molar-refractivity contribution >= 4 is 56.8 Å². The van der Waals surface area contributed by atoms with Gasteiger partial charge in [-0.1, -0.05) is 75.1 Å². The minimum Gasteiger partial charge on any atom is -0.437 e. The summed E-state index contributed by atoms with van der Waals surface area (Å²) in [5.41, 5.74) is 2.50. The van der Waals surface area contributed by atoms with Gasteiger partial charge in [-0.15, -0.1) is 0 Å². The first-order valence-electron chi connectivity index (χ1n) is 8.71. The van der Waals surface area contributed by atoms with E-state index >= 15 is 0 Å². The van der Waals surface area contributed by atoms with Crippen LogP contribution in [0.1, 0.15) is 16.7 Å². The quantitative estimate of drug-likeness (QED) is 0.284. The Morgan fingerprint density at radius 2 is 1.69 bits per heavy atom. The summed E-state index contributed by atoms with van der Waals surface area (Å²) >= 11 is 12.5. The van der Waals surface area contributed by atoms with Crippen LogP contribution in [0.15, 0.2) is 42.5 Å². The molecule has 2 amide bonds. The maximum atomic E-state index is 12.2. The predicted molar refractivity (Wildman–Crippen MR) is 121 cm³/mol. The lowest BCUT2D eigenvalue weighted by Gasteiger charge is -2.12. The number of rotatable bonds is 10. The zero-order valence-corrected chi connectivity index (χ0v) is 18.9. The average molecular weight is 474 g/mol. The monoisotopic (exact) mass is 473 g/mol. The maximum absolute atomic E-state index is 12.2. The molecular weight excluding hydrogens is 453 g/mol. The van der Waals surface area contributed by atoms with E-state index in [-0.39, 0.29) is 12.4 Å². The molecule has 0 saturated heterocycles. The van der Waals surface area contributed by atoms with Gasteiger partial charge in [-0.3, -0.25) is 10.1 Å². The topological polar surface area (TPSA) is 64.6 Å². The summed E-state index contributed by atoms with van der Waals surface area (Å²) in [5, 5.41) is 3.39. The molecule has 0 saturated carbocycles. The fourth-order valence-corrected chi connectivity index (χ4v) is 4.46. The Hall–Kier alpha value is -1.38. The number of hydrogen-bond donors (Lipinski definition) is 1. The van der Waals surface area contributed by atoms with E-state index < -0.39 is 12.0 Å². The highest BCUT2D eigenvalue weighted by Gasteiger charge is 2.14. The predicted octanol–water partition coefficient (Wildman–Crippen LogP) is 5.36. The molecule has 0 atom stereocenters. The third kappa shape index (κ3) is 8.48. The van der Waals surface area contributed by atoms with Crippen LogP contribution in [0.25, 0.3) is 0 Å². The van der Waals surface area contributed by atoms with Gasteiger partial charge in [0.2, 0.25) is 5.91 Å². The van der Waals surface area contributed by atoms with Crippen LogP contribution >= 0.6 is 44.8 Å².